The van der Waals surface area contributed by atoms with Crippen LogP contribution in [-0.2, 0) is 6.54 Å². The molecule has 80 valence electrons. The minimum Gasteiger partial charge on any atom is -0.302 e. The highest BCUT2D eigenvalue weighted by molar-refractivity contribution is 7.15. The topological polar surface area (TPSA) is 37.8 Å². The zero-order valence-electron chi connectivity index (χ0n) is 8.11. The Morgan fingerprint density at radius 1 is 1.53 bits per heavy atom. The summed E-state index contributed by atoms with van der Waals surface area (Å²) in [5.41, 5.74) is 0. The molecule has 0 aliphatic rings. The van der Waals surface area contributed by atoms with E-state index in [0.29, 0.717) is 0 Å². The molecular weight excluding hydrogens is 250 g/mol. The minimum atomic E-state index is 0.257. The maximum absolute atomic E-state index is 5.79. The Hall–Kier alpha value is -0.490. The molecule has 0 radical (unpaired) electrons. The van der Waals surface area contributed by atoms with Crippen LogP contribution in [0, 0.1) is 0 Å². The first kappa shape index (κ1) is 11.0. The Morgan fingerprint density at radius 2 is 2.40 bits per heavy atom. The molecule has 0 saturated heterocycles. The number of halogens is 1. The molecule has 1 atom stereocenters. The quantitative estimate of drug-likeness (QED) is 0.917. The van der Waals surface area contributed by atoms with Gasteiger partial charge in [-0.05, 0) is 6.92 Å². The number of nitrogens with one attached hydrogen (secondary N) is 1. The van der Waals surface area contributed by atoms with Gasteiger partial charge in [-0.1, -0.05) is 11.6 Å². The first-order chi connectivity index (χ1) is 7.25. The second kappa shape index (κ2) is 5.03. The average molecular weight is 260 g/mol. The van der Waals surface area contributed by atoms with Crippen molar-refractivity contribution >= 4 is 34.3 Å². The Labute approximate surface area is 101 Å². The molecule has 6 heteroatoms. The van der Waals surface area contributed by atoms with Crippen LogP contribution in [0.25, 0.3) is 0 Å². The zero-order chi connectivity index (χ0) is 10.7. The number of rotatable bonds is 4. The number of aromatic nitrogens is 2. The Morgan fingerprint density at radius 3 is 3.00 bits per heavy atom. The first-order valence-corrected chi connectivity index (χ1v) is 6.56. The van der Waals surface area contributed by atoms with Gasteiger partial charge in [0.1, 0.15) is 14.4 Å². The number of hydrogen-bond acceptors (Lipinski definition) is 5. The highest BCUT2D eigenvalue weighted by Gasteiger charge is 2.08. The van der Waals surface area contributed by atoms with Crippen LogP contribution < -0.4 is 5.32 Å². The summed E-state index contributed by atoms with van der Waals surface area (Å²) in [4.78, 5) is 8.42. The Kier molecular flexibility index (Phi) is 3.69. The zero-order valence-corrected chi connectivity index (χ0v) is 10.5. The van der Waals surface area contributed by atoms with E-state index in [9.17, 15) is 0 Å². The van der Waals surface area contributed by atoms with E-state index in [4.69, 9.17) is 11.6 Å². The van der Waals surface area contributed by atoms with Crippen molar-refractivity contribution in [1.29, 1.82) is 0 Å². The van der Waals surface area contributed by atoms with Gasteiger partial charge in [0.05, 0.1) is 12.2 Å². The largest absolute Gasteiger partial charge is 0.302 e. The van der Waals surface area contributed by atoms with E-state index in [0.717, 1.165) is 20.9 Å². The van der Waals surface area contributed by atoms with E-state index in [1.165, 1.54) is 11.3 Å². The van der Waals surface area contributed by atoms with Crippen LogP contribution in [0.3, 0.4) is 0 Å². The molecule has 1 N–H and O–H groups in total. The molecule has 0 fully saturated rings. The van der Waals surface area contributed by atoms with E-state index >= 15 is 0 Å². The summed E-state index contributed by atoms with van der Waals surface area (Å²) in [5.74, 6) is 0. The van der Waals surface area contributed by atoms with Gasteiger partial charge in [0.15, 0.2) is 0 Å². The highest BCUT2D eigenvalue weighted by Crippen LogP contribution is 2.20. The predicted molar refractivity (Wildman–Crippen MR) is 64.5 cm³/mol. The number of thiazole rings is 2. The Balaban J connectivity index is 1.88. The van der Waals surface area contributed by atoms with E-state index < -0.39 is 0 Å². The average Bonchev–Trinajstić information content (AvgIpc) is 2.84. The van der Waals surface area contributed by atoms with Crippen LogP contribution in [-0.4, -0.2) is 9.97 Å². The van der Waals surface area contributed by atoms with Gasteiger partial charge in [-0.2, -0.15) is 0 Å². The van der Waals surface area contributed by atoms with Gasteiger partial charge >= 0.3 is 0 Å². The van der Waals surface area contributed by atoms with Crippen molar-refractivity contribution in [2.45, 2.75) is 19.5 Å². The van der Waals surface area contributed by atoms with Gasteiger partial charge in [-0.25, -0.2) is 9.97 Å². The third kappa shape index (κ3) is 2.98. The van der Waals surface area contributed by atoms with E-state index in [-0.39, 0.29) is 6.04 Å². The summed E-state index contributed by atoms with van der Waals surface area (Å²) >= 11 is 8.95. The molecule has 3 nitrogen and oxygen atoms in total. The third-order valence-corrected chi connectivity index (χ3v) is 3.98. The number of hydrogen-bond donors (Lipinski definition) is 1. The summed E-state index contributed by atoms with van der Waals surface area (Å²) in [6, 6.07) is 0.257. The lowest BCUT2D eigenvalue weighted by Gasteiger charge is -2.08. The van der Waals surface area contributed by atoms with Crippen LogP contribution in [0.2, 0.25) is 4.34 Å². The lowest BCUT2D eigenvalue weighted by Crippen LogP contribution is -2.17. The fourth-order valence-corrected chi connectivity index (χ4v) is 2.72. The molecular formula is C9H10ClN3S2. The highest BCUT2D eigenvalue weighted by atomic mass is 35.5. The van der Waals surface area contributed by atoms with Gasteiger partial charge < -0.3 is 5.32 Å². The molecule has 0 aliphatic carbocycles. The molecule has 2 rings (SSSR count). The molecule has 2 heterocycles. The van der Waals surface area contributed by atoms with Crippen molar-refractivity contribution in [2.24, 2.45) is 0 Å². The summed E-state index contributed by atoms with van der Waals surface area (Å²) in [6.45, 7) is 2.83. The van der Waals surface area contributed by atoms with E-state index in [1.54, 1.807) is 17.5 Å². The van der Waals surface area contributed by atoms with Crippen LogP contribution >= 0.6 is 34.3 Å². The van der Waals surface area contributed by atoms with Gasteiger partial charge in [0, 0.05) is 18.1 Å². The Bertz CT molecular complexity index is 413. The second-order valence-electron chi connectivity index (χ2n) is 3.03. The van der Waals surface area contributed by atoms with Crippen molar-refractivity contribution in [2.75, 3.05) is 0 Å². The van der Waals surface area contributed by atoms with Crippen LogP contribution in [0.15, 0.2) is 17.8 Å². The summed E-state index contributed by atoms with van der Waals surface area (Å²) < 4.78 is 0.730. The molecule has 15 heavy (non-hydrogen) atoms. The smallest absolute Gasteiger partial charge is 0.113 e. The van der Waals surface area contributed by atoms with Crippen molar-refractivity contribution in [1.82, 2.24) is 15.3 Å². The SMILES string of the molecule is CC(NCc1ncc(Cl)s1)c1nccs1. The van der Waals surface area contributed by atoms with Crippen LogP contribution in [0.5, 0.6) is 0 Å². The molecule has 0 aliphatic heterocycles. The third-order valence-electron chi connectivity index (χ3n) is 1.91. The second-order valence-corrected chi connectivity index (χ2v) is 5.70. The number of nitrogens with zero attached hydrogens (tertiary/aromatic N) is 2. The molecule has 0 spiro atoms. The summed E-state index contributed by atoms with van der Waals surface area (Å²) in [6.07, 6.45) is 3.50. The first-order valence-electron chi connectivity index (χ1n) is 4.48. The standard InChI is InChI=1S/C9H10ClN3S2/c1-6(9-11-2-3-14-9)12-5-8-13-4-7(10)15-8/h2-4,6,12H,5H2,1H3. The molecule has 1 unspecified atom stereocenters. The maximum Gasteiger partial charge on any atom is 0.113 e. The van der Waals surface area contributed by atoms with E-state index in [1.807, 2.05) is 11.6 Å². The van der Waals surface area contributed by atoms with E-state index in [2.05, 4.69) is 22.2 Å². The summed E-state index contributed by atoms with van der Waals surface area (Å²) in [5, 5.41) is 7.43. The molecule has 0 aromatic carbocycles. The molecule has 2 aromatic rings. The van der Waals surface area contributed by atoms with Gasteiger partial charge in [0.25, 0.3) is 0 Å². The molecule has 2 aromatic heterocycles. The van der Waals surface area contributed by atoms with Gasteiger partial charge in [-0.3, -0.25) is 0 Å². The minimum absolute atomic E-state index is 0.257. The lowest BCUT2D eigenvalue weighted by molar-refractivity contribution is 0.570. The predicted octanol–water partition coefficient (Wildman–Crippen LogP) is 3.10. The van der Waals surface area contributed by atoms with Crippen molar-refractivity contribution in [3.8, 4) is 0 Å². The van der Waals surface area contributed by atoms with Crippen molar-refractivity contribution < 1.29 is 0 Å². The normalized spacial score (nSPS) is 12.9. The van der Waals surface area contributed by atoms with Gasteiger partial charge in [-0.15, -0.1) is 22.7 Å². The van der Waals surface area contributed by atoms with Crippen molar-refractivity contribution in [3.05, 3.63) is 32.1 Å². The monoisotopic (exact) mass is 259 g/mol. The molecule has 0 saturated carbocycles. The summed E-state index contributed by atoms with van der Waals surface area (Å²) in [7, 11) is 0. The maximum atomic E-state index is 5.79. The molecule has 0 amide bonds. The van der Waals surface area contributed by atoms with Crippen LogP contribution in [0.1, 0.15) is 23.0 Å². The van der Waals surface area contributed by atoms with Crippen molar-refractivity contribution in [3.63, 3.8) is 0 Å². The van der Waals surface area contributed by atoms with Crippen LogP contribution in [0.4, 0.5) is 0 Å². The fourth-order valence-electron chi connectivity index (χ4n) is 1.15. The fraction of sp³-hybridized carbons (Fsp3) is 0.333. The van der Waals surface area contributed by atoms with Gasteiger partial charge in [0.2, 0.25) is 0 Å². The lowest BCUT2D eigenvalue weighted by atomic mass is 10.3. The molecule has 0 bridgehead atoms.